The third-order valence-electron chi connectivity index (χ3n) is 1.98. The number of carbonyl (C=O) groups is 1. The molecule has 0 heterocycles. The fourth-order valence-corrected chi connectivity index (χ4v) is 1.12. The average molecular weight is 188 g/mol. The van der Waals surface area contributed by atoms with Crippen LogP contribution >= 0.6 is 0 Å². The number of esters is 1. The van der Waals surface area contributed by atoms with E-state index >= 15 is 0 Å². The van der Waals surface area contributed by atoms with E-state index < -0.39 is 8.07 Å². The van der Waals surface area contributed by atoms with Gasteiger partial charge in [0.15, 0.2) is 0 Å². The molecule has 0 fully saturated rings. The van der Waals surface area contributed by atoms with Crippen molar-refractivity contribution in [3.63, 3.8) is 0 Å². The van der Waals surface area contributed by atoms with Gasteiger partial charge in [-0.3, -0.25) is 4.79 Å². The van der Waals surface area contributed by atoms with Crippen LogP contribution in [-0.4, -0.2) is 19.8 Å². The Balaban J connectivity index is 3.84. The van der Waals surface area contributed by atoms with Gasteiger partial charge in [0.25, 0.3) is 0 Å². The second-order valence-electron chi connectivity index (χ2n) is 4.25. The molecule has 0 saturated carbocycles. The van der Waals surface area contributed by atoms with Crippen LogP contribution < -0.4 is 0 Å². The van der Waals surface area contributed by atoms with Gasteiger partial charge in [-0.1, -0.05) is 26.6 Å². The molecule has 0 bridgehead atoms. The molecule has 0 aliphatic carbocycles. The maximum Gasteiger partial charge on any atom is 0.305 e. The molecule has 0 spiro atoms. The van der Waals surface area contributed by atoms with Gasteiger partial charge in [-0.25, -0.2) is 0 Å². The molecule has 0 aliphatic heterocycles. The summed E-state index contributed by atoms with van der Waals surface area (Å²) in [5, 5.41) is 0. The van der Waals surface area contributed by atoms with Crippen LogP contribution in [0.4, 0.5) is 0 Å². The van der Waals surface area contributed by atoms with Crippen molar-refractivity contribution in [2.75, 3.05) is 0 Å². The molecule has 0 saturated heterocycles. The van der Waals surface area contributed by atoms with Gasteiger partial charge in [0.2, 0.25) is 0 Å². The molecule has 1 unspecified atom stereocenters. The summed E-state index contributed by atoms with van der Waals surface area (Å²) in [6, 6.07) is 0. The van der Waals surface area contributed by atoms with Crippen molar-refractivity contribution in [3.05, 3.63) is 0 Å². The van der Waals surface area contributed by atoms with E-state index in [2.05, 4.69) is 19.6 Å². The van der Waals surface area contributed by atoms with E-state index in [9.17, 15) is 4.79 Å². The Bertz CT molecular complexity index is 149. The SMILES string of the molecule is CCCC(=O)OC(C)[Si](C)(C)C. The Morgan fingerprint density at radius 2 is 1.92 bits per heavy atom. The Morgan fingerprint density at radius 1 is 1.42 bits per heavy atom. The van der Waals surface area contributed by atoms with E-state index in [1.807, 2.05) is 13.8 Å². The van der Waals surface area contributed by atoms with E-state index in [4.69, 9.17) is 4.74 Å². The molecule has 3 heteroatoms. The Kier molecular flexibility index (Phi) is 4.53. The summed E-state index contributed by atoms with van der Waals surface area (Å²) in [4.78, 5) is 11.1. The molecule has 12 heavy (non-hydrogen) atoms. The lowest BCUT2D eigenvalue weighted by atomic mass is 10.3. The first-order valence-corrected chi connectivity index (χ1v) is 8.15. The molecule has 0 amide bonds. The molecular weight excluding hydrogens is 168 g/mol. The quantitative estimate of drug-likeness (QED) is 0.501. The average Bonchev–Trinajstić information content (AvgIpc) is 1.85. The van der Waals surface area contributed by atoms with Gasteiger partial charge in [-0.2, -0.15) is 0 Å². The Morgan fingerprint density at radius 3 is 2.25 bits per heavy atom. The highest BCUT2D eigenvalue weighted by Gasteiger charge is 2.25. The first-order chi connectivity index (χ1) is 5.38. The molecule has 0 N–H and O–H groups in total. The molecule has 0 radical (unpaired) electrons. The van der Waals surface area contributed by atoms with E-state index in [1.54, 1.807) is 0 Å². The van der Waals surface area contributed by atoms with Crippen molar-refractivity contribution in [2.45, 2.75) is 52.1 Å². The first kappa shape index (κ1) is 11.7. The van der Waals surface area contributed by atoms with Crippen molar-refractivity contribution in [1.29, 1.82) is 0 Å². The number of hydrogen-bond donors (Lipinski definition) is 0. The zero-order valence-electron chi connectivity index (χ0n) is 8.81. The minimum absolute atomic E-state index is 0.0487. The van der Waals surface area contributed by atoms with Crippen molar-refractivity contribution in [2.24, 2.45) is 0 Å². The summed E-state index contributed by atoms with van der Waals surface area (Å²) >= 11 is 0. The Hall–Kier alpha value is -0.313. The van der Waals surface area contributed by atoms with Gasteiger partial charge in [-0.05, 0) is 13.3 Å². The maximum absolute atomic E-state index is 11.1. The summed E-state index contributed by atoms with van der Waals surface area (Å²) < 4.78 is 5.28. The summed E-state index contributed by atoms with van der Waals surface area (Å²) in [7, 11) is -1.30. The predicted molar refractivity (Wildman–Crippen MR) is 53.8 cm³/mol. The van der Waals surface area contributed by atoms with E-state index in [0.29, 0.717) is 6.42 Å². The zero-order chi connectivity index (χ0) is 9.78. The monoisotopic (exact) mass is 188 g/mol. The molecule has 72 valence electrons. The highest BCUT2D eigenvalue weighted by molar-refractivity contribution is 6.77. The van der Waals surface area contributed by atoms with Crippen LogP contribution in [0.5, 0.6) is 0 Å². The maximum atomic E-state index is 11.1. The molecule has 1 atom stereocenters. The lowest BCUT2D eigenvalue weighted by Gasteiger charge is -2.24. The molecule has 0 aromatic heterocycles. The third-order valence-corrected chi connectivity index (χ3v) is 4.54. The minimum atomic E-state index is -1.30. The number of ether oxygens (including phenoxy) is 1. The van der Waals surface area contributed by atoms with Gasteiger partial charge in [0, 0.05) is 6.42 Å². The number of carbonyl (C=O) groups excluding carboxylic acids is 1. The second kappa shape index (κ2) is 4.65. The highest BCUT2D eigenvalue weighted by atomic mass is 28.3. The summed E-state index contributed by atoms with van der Waals surface area (Å²) in [5.74, 6) is -0.0487. The van der Waals surface area contributed by atoms with Crippen LogP contribution in [0.25, 0.3) is 0 Å². The van der Waals surface area contributed by atoms with E-state index in [0.717, 1.165) is 6.42 Å². The van der Waals surface area contributed by atoms with E-state index in [-0.39, 0.29) is 11.7 Å². The molecule has 0 rings (SSSR count). The van der Waals surface area contributed by atoms with Gasteiger partial charge in [-0.15, -0.1) is 0 Å². The van der Waals surface area contributed by atoms with Gasteiger partial charge >= 0.3 is 5.97 Å². The minimum Gasteiger partial charge on any atom is -0.467 e. The smallest absolute Gasteiger partial charge is 0.305 e. The molecular formula is C9H20O2Si. The second-order valence-corrected chi connectivity index (χ2v) is 9.79. The fraction of sp³-hybridized carbons (Fsp3) is 0.889. The zero-order valence-corrected chi connectivity index (χ0v) is 9.81. The van der Waals surface area contributed by atoms with Crippen LogP contribution in [0.2, 0.25) is 19.6 Å². The van der Waals surface area contributed by atoms with Crippen LogP contribution in [0, 0.1) is 0 Å². The number of rotatable bonds is 4. The van der Waals surface area contributed by atoms with Gasteiger partial charge < -0.3 is 4.74 Å². The largest absolute Gasteiger partial charge is 0.467 e. The van der Waals surface area contributed by atoms with Crippen LogP contribution in [0.3, 0.4) is 0 Å². The van der Waals surface area contributed by atoms with Crippen LogP contribution in [0.15, 0.2) is 0 Å². The van der Waals surface area contributed by atoms with Gasteiger partial charge in [0.05, 0.1) is 13.8 Å². The molecule has 0 aromatic rings. The normalized spacial score (nSPS) is 14.1. The van der Waals surface area contributed by atoms with Crippen molar-refractivity contribution in [3.8, 4) is 0 Å². The summed E-state index contributed by atoms with van der Waals surface area (Å²) in [6.45, 7) is 10.6. The Labute approximate surface area is 76.3 Å². The van der Waals surface area contributed by atoms with Crippen LogP contribution in [0.1, 0.15) is 26.7 Å². The van der Waals surface area contributed by atoms with Crippen LogP contribution in [-0.2, 0) is 9.53 Å². The highest BCUT2D eigenvalue weighted by Crippen LogP contribution is 2.11. The molecule has 0 aliphatic rings. The topological polar surface area (TPSA) is 26.3 Å². The standard InChI is InChI=1S/C9H20O2Si/c1-6-7-9(10)11-8(2)12(3,4)5/h8H,6-7H2,1-5H3. The lowest BCUT2D eigenvalue weighted by molar-refractivity contribution is -0.145. The van der Waals surface area contributed by atoms with E-state index in [1.165, 1.54) is 0 Å². The molecule has 2 nitrogen and oxygen atoms in total. The van der Waals surface area contributed by atoms with Gasteiger partial charge in [0.1, 0.15) is 0 Å². The number of hydrogen-bond acceptors (Lipinski definition) is 2. The third kappa shape index (κ3) is 4.54. The fourth-order valence-electron chi connectivity index (χ4n) is 0.637. The summed E-state index contributed by atoms with van der Waals surface area (Å²) in [6.07, 6.45) is 1.42. The predicted octanol–water partition coefficient (Wildman–Crippen LogP) is 2.60. The summed E-state index contributed by atoms with van der Waals surface area (Å²) in [5.41, 5.74) is 0.136. The lowest BCUT2D eigenvalue weighted by Crippen LogP contribution is -2.39. The van der Waals surface area contributed by atoms with Crippen molar-refractivity contribution < 1.29 is 9.53 Å². The van der Waals surface area contributed by atoms with Crippen molar-refractivity contribution >= 4 is 14.0 Å². The first-order valence-electron chi connectivity index (χ1n) is 4.57. The van der Waals surface area contributed by atoms with Crippen molar-refractivity contribution in [1.82, 2.24) is 0 Å². The molecule has 0 aromatic carbocycles.